The highest BCUT2D eigenvalue weighted by molar-refractivity contribution is 7.92. The fraction of sp³-hybridized carbons (Fsp3) is 0.125. The van der Waals surface area contributed by atoms with Crippen molar-refractivity contribution < 1.29 is 18.0 Å². The lowest BCUT2D eigenvalue weighted by Gasteiger charge is -2.13. The van der Waals surface area contributed by atoms with Crippen LogP contribution in [0, 0.1) is 0 Å². The number of carbonyl (C=O) groups excluding carboxylic acids is 2. The van der Waals surface area contributed by atoms with Crippen LogP contribution in [0.1, 0.15) is 13.8 Å². The van der Waals surface area contributed by atoms with Gasteiger partial charge in [0, 0.05) is 19.5 Å². The summed E-state index contributed by atoms with van der Waals surface area (Å²) in [4.78, 5) is 22.2. The van der Waals surface area contributed by atoms with E-state index in [1.165, 1.54) is 38.1 Å². The summed E-state index contributed by atoms with van der Waals surface area (Å²) in [6.45, 7) is 2.71. The zero-order chi connectivity index (χ0) is 17.7. The van der Waals surface area contributed by atoms with Crippen LogP contribution in [0.2, 0.25) is 0 Å². The molecule has 0 aliphatic rings. The summed E-state index contributed by atoms with van der Waals surface area (Å²) in [5.41, 5.74) is 1.13. The van der Waals surface area contributed by atoms with Gasteiger partial charge in [0.25, 0.3) is 10.0 Å². The Morgan fingerprint density at radius 3 is 1.88 bits per heavy atom. The third-order valence-corrected chi connectivity index (χ3v) is 4.35. The van der Waals surface area contributed by atoms with Gasteiger partial charge in [-0.3, -0.25) is 14.3 Å². The number of benzene rings is 2. The summed E-state index contributed by atoms with van der Waals surface area (Å²) in [6.07, 6.45) is 0. The molecule has 0 aromatic heterocycles. The summed E-state index contributed by atoms with van der Waals surface area (Å²) in [5, 5.41) is 5.13. The van der Waals surface area contributed by atoms with E-state index in [4.69, 9.17) is 0 Å². The Morgan fingerprint density at radius 1 is 0.792 bits per heavy atom. The molecule has 8 heteroatoms. The third kappa shape index (κ3) is 4.56. The molecular formula is C16H17N3O4S. The second-order valence-corrected chi connectivity index (χ2v) is 6.72. The molecule has 0 radical (unpaired) electrons. The van der Waals surface area contributed by atoms with Crippen LogP contribution in [0.4, 0.5) is 17.1 Å². The van der Waals surface area contributed by atoms with E-state index >= 15 is 0 Å². The Hall–Kier alpha value is -2.87. The molecule has 0 atom stereocenters. The van der Waals surface area contributed by atoms with Crippen LogP contribution >= 0.6 is 0 Å². The summed E-state index contributed by atoms with van der Waals surface area (Å²) >= 11 is 0. The Bertz CT molecular complexity index is 861. The van der Waals surface area contributed by atoms with Crippen molar-refractivity contribution in [1.29, 1.82) is 0 Å². The SMILES string of the molecule is CC(=O)Nc1ccc(S(=O)(=O)Nc2ccccc2NC(C)=O)cc1. The minimum absolute atomic E-state index is 0.0363. The lowest BCUT2D eigenvalue weighted by atomic mass is 10.3. The molecule has 0 fully saturated rings. The van der Waals surface area contributed by atoms with Crippen molar-refractivity contribution >= 4 is 38.9 Å². The Kier molecular flexibility index (Phi) is 5.20. The van der Waals surface area contributed by atoms with Crippen molar-refractivity contribution in [3.05, 3.63) is 48.5 Å². The molecule has 2 rings (SSSR count). The van der Waals surface area contributed by atoms with Crippen molar-refractivity contribution in [1.82, 2.24) is 0 Å². The maximum atomic E-state index is 12.5. The molecule has 2 aromatic carbocycles. The fourth-order valence-corrected chi connectivity index (χ4v) is 3.07. The summed E-state index contributed by atoms with van der Waals surface area (Å²) in [6, 6.07) is 12.2. The maximum Gasteiger partial charge on any atom is 0.261 e. The van der Waals surface area contributed by atoms with Crippen molar-refractivity contribution in [2.45, 2.75) is 18.7 Å². The van der Waals surface area contributed by atoms with Crippen LogP contribution in [-0.4, -0.2) is 20.2 Å². The lowest BCUT2D eigenvalue weighted by molar-refractivity contribution is -0.115. The highest BCUT2D eigenvalue weighted by Gasteiger charge is 2.16. The van der Waals surface area contributed by atoms with Crippen LogP contribution in [0.25, 0.3) is 0 Å². The Morgan fingerprint density at radius 2 is 1.33 bits per heavy atom. The number of para-hydroxylation sites is 2. The average molecular weight is 347 g/mol. The number of amides is 2. The first-order valence-electron chi connectivity index (χ1n) is 7.05. The first-order valence-corrected chi connectivity index (χ1v) is 8.53. The van der Waals surface area contributed by atoms with Crippen LogP contribution < -0.4 is 15.4 Å². The number of carbonyl (C=O) groups is 2. The molecule has 2 amide bonds. The third-order valence-electron chi connectivity index (χ3n) is 2.97. The molecule has 126 valence electrons. The van der Waals surface area contributed by atoms with Crippen molar-refractivity contribution in [2.24, 2.45) is 0 Å². The predicted octanol–water partition coefficient (Wildman–Crippen LogP) is 2.40. The van der Waals surface area contributed by atoms with Crippen LogP contribution in [-0.2, 0) is 19.6 Å². The van der Waals surface area contributed by atoms with Gasteiger partial charge >= 0.3 is 0 Å². The van der Waals surface area contributed by atoms with E-state index in [1.807, 2.05) is 0 Å². The summed E-state index contributed by atoms with van der Waals surface area (Å²) in [5.74, 6) is -0.547. The number of hydrogen-bond donors (Lipinski definition) is 3. The van der Waals surface area contributed by atoms with Crippen LogP contribution in [0.5, 0.6) is 0 Å². The molecule has 0 bridgehead atoms. The quantitative estimate of drug-likeness (QED) is 0.772. The van der Waals surface area contributed by atoms with E-state index in [2.05, 4.69) is 15.4 Å². The van der Waals surface area contributed by atoms with Gasteiger partial charge in [-0.1, -0.05) is 12.1 Å². The number of nitrogens with one attached hydrogen (secondary N) is 3. The van der Waals surface area contributed by atoms with Gasteiger partial charge in [0.05, 0.1) is 16.3 Å². The van der Waals surface area contributed by atoms with Gasteiger partial charge < -0.3 is 10.6 Å². The molecule has 0 unspecified atom stereocenters. The Balaban J connectivity index is 2.25. The van der Waals surface area contributed by atoms with Gasteiger partial charge in [-0.05, 0) is 36.4 Å². The largest absolute Gasteiger partial charge is 0.326 e. The maximum absolute atomic E-state index is 12.5. The minimum Gasteiger partial charge on any atom is -0.326 e. The van der Waals surface area contributed by atoms with Gasteiger partial charge in [0.1, 0.15) is 0 Å². The number of hydrogen-bond acceptors (Lipinski definition) is 4. The van der Waals surface area contributed by atoms with Gasteiger partial charge in [-0.2, -0.15) is 0 Å². The van der Waals surface area contributed by atoms with Gasteiger partial charge in [0.2, 0.25) is 11.8 Å². The van der Waals surface area contributed by atoms with E-state index in [1.54, 1.807) is 24.3 Å². The number of anilines is 3. The van der Waals surface area contributed by atoms with E-state index in [9.17, 15) is 18.0 Å². The molecule has 0 saturated heterocycles. The average Bonchev–Trinajstić information content (AvgIpc) is 2.48. The number of sulfonamides is 1. The first kappa shape index (κ1) is 17.5. The lowest BCUT2D eigenvalue weighted by Crippen LogP contribution is -2.16. The van der Waals surface area contributed by atoms with Gasteiger partial charge in [0.15, 0.2) is 0 Å². The molecule has 0 heterocycles. The molecule has 0 spiro atoms. The van der Waals surface area contributed by atoms with Gasteiger partial charge in [-0.15, -0.1) is 0 Å². The minimum atomic E-state index is -3.83. The van der Waals surface area contributed by atoms with Crippen LogP contribution in [0.3, 0.4) is 0 Å². The predicted molar refractivity (Wildman–Crippen MR) is 92.3 cm³/mol. The number of rotatable bonds is 5. The van der Waals surface area contributed by atoms with E-state index < -0.39 is 10.0 Å². The smallest absolute Gasteiger partial charge is 0.261 e. The monoisotopic (exact) mass is 347 g/mol. The zero-order valence-corrected chi connectivity index (χ0v) is 14.0. The van der Waals surface area contributed by atoms with E-state index in [0.29, 0.717) is 11.4 Å². The van der Waals surface area contributed by atoms with Crippen LogP contribution in [0.15, 0.2) is 53.4 Å². The van der Waals surface area contributed by atoms with E-state index in [-0.39, 0.29) is 22.4 Å². The Labute approximate surface area is 140 Å². The zero-order valence-electron chi connectivity index (χ0n) is 13.2. The molecule has 2 aromatic rings. The van der Waals surface area contributed by atoms with Crippen molar-refractivity contribution in [3.63, 3.8) is 0 Å². The summed E-state index contributed by atoms with van der Waals surface area (Å²) in [7, 11) is -3.83. The first-order chi connectivity index (χ1) is 11.3. The fourth-order valence-electron chi connectivity index (χ4n) is 2.00. The molecular weight excluding hydrogens is 330 g/mol. The van der Waals surface area contributed by atoms with Crippen molar-refractivity contribution in [3.8, 4) is 0 Å². The van der Waals surface area contributed by atoms with Gasteiger partial charge in [-0.25, -0.2) is 8.42 Å². The molecule has 7 nitrogen and oxygen atoms in total. The molecule has 0 saturated carbocycles. The highest BCUT2D eigenvalue weighted by atomic mass is 32.2. The van der Waals surface area contributed by atoms with E-state index in [0.717, 1.165) is 0 Å². The normalized spacial score (nSPS) is 10.8. The second-order valence-electron chi connectivity index (χ2n) is 5.04. The standard InChI is InChI=1S/C16H17N3O4S/c1-11(20)17-13-7-9-14(10-8-13)24(22,23)19-16-6-4-3-5-15(16)18-12(2)21/h3-10,19H,1-2H3,(H,17,20)(H,18,21). The van der Waals surface area contributed by atoms with Crippen molar-refractivity contribution in [2.75, 3.05) is 15.4 Å². The summed E-state index contributed by atoms with van der Waals surface area (Å²) < 4.78 is 27.4. The topological polar surface area (TPSA) is 104 Å². The molecule has 0 aliphatic carbocycles. The highest BCUT2D eigenvalue weighted by Crippen LogP contribution is 2.25. The molecule has 0 aliphatic heterocycles. The molecule has 24 heavy (non-hydrogen) atoms. The second kappa shape index (κ2) is 7.14. The molecule has 3 N–H and O–H groups in total.